The predicted octanol–water partition coefficient (Wildman–Crippen LogP) is 4.34. The average Bonchev–Trinajstić information content (AvgIpc) is 3.15. The summed E-state index contributed by atoms with van der Waals surface area (Å²) in [7, 11) is 1.70. The van der Waals surface area contributed by atoms with Crippen LogP contribution in [-0.2, 0) is 24.4 Å². The van der Waals surface area contributed by atoms with Crippen molar-refractivity contribution in [3.63, 3.8) is 0 Å². The lowest BCUT2D eigenvalue weighted by Crippen LogP contribution is -2.40. The molecule has 0 spiro atoms. The van der Waals surface area contributed by atoms with E-state index in [1.807, 2.05) is 6.07 Å². The Kier molecular flexibility index (Phi) is 6.56. The summed E-state index contributed by atoms with van der Waals surface area (Å²) in [5.74, 6) is 0.743. The van der Waals surface area contributed by atoms with E-state index in [1.165, 1.54) is 28.6 Å². The lowest BCUT2D eigenvalue weighted by Gasteiger charge is -2.31. The molecule has 3 aromatic rings. The van der Waals surface area contributed by atoms with E-state index in [4.69, 9.17) is 4.74 Å². The smallest absolute Gasteiger partial charge is 0.223 e. The fourth-order valence-electron chi connectivity index (χ4n) is 4.39. The first-order valence-electron chi connectivity index (χ1n) is 11.0. The Balaban J connectivity index is 1.34. The number of methoxy groups -OCH3 is 1. The van der Waals surface area contributed by atoms with Crippen molar-refractivity contribution in [2.75, 3.05) is 20.2 Å². The zero-order valence-corrected chi connectivity index (χ0v) is 18.2. The quantitative estimate of drug-likeness (QED) is 0.615. The van der Waals surface area contributed by atoms with Crippen molar-refractivity contribution in [1.29, 1.82) is 0 Å². The molecule has 31 heavy (non-hydrogen) atoms. The molecule has 2 heterocycles. The van der Waals surface area contributed by atoms with E-state index >= 15 is 0 Å². The number of halogens is 1. The number of aryl methyl sites for hydroxylation is 1. The first-order chi connectivity index (χ1) is 15.1. The highest BCUT2D eigenvalue weighted by Gasteiger charge is 2.25. The number of benzene rings is 2. The number of likely N-dealkylation sites (tertiary alicyclic amines) is 1. The summed E-state index contributed by atoms with van der Waals surface area (Å²) in [6.07, 6.45) is 3.95. The molecule has 1 amide bonds. The number of nitrogens with zero attached hydrogens (tertiary/aromatic N) is 2. The van der Waals surface area contributed by atoms with Crippen LogP contribution in [0.15, 0.2) is 48.7 Å². The van der Waals surface area contributed by atoms with Crippen LogP contribution < -0.4 is 10.1 Å². The Labute approximate surface area is 182 Å². The Morgan fingerprint density at radius 2 is 1.90 bits per heavy atom. The second kappa shape index (κ2) is 9.52. The normalized spacial score (nSPS) is 15.3. The number of rotatable bonds is 7. The number of carbonyl (C=O) groups excluding carboxylic acids is 1. The summed E-state index contributed by atoms with van der Waals surface area (Å²) in [6, 6.07) is 12.5. The molecule has 0 unspecified atom stereocenters. The summed E-state index contributed by atoms with van der Waals surface area (Å²) in [4.78, 5) is 15.0. The molecule has 1 N–H and O–H groups in total. The minimum absolute atomic E-state index is 0.0359. The first kappa shape index (κ1) is 21.4. The van der Waals surface area contributed by atoms with E-state index in [9.17, 15) is 9.18 Å². The van der Waals surface area contributed by atoms with Crippen LogP contribution in [0.1, 0.15) is 30.9 Å². The van der Waals surface area contributed by atoms with Gasteiger partial charge in [-0.3, -0.25) is 9.69 Å². The number of piperidine rings is 1. The predicted molar refractivity (Wildman–Crippen MR) is 120 cm³/mol. The van der Waals surface area contributed by atoms with Gasteiger partial charge in [-0.1, -0.05) is 12.1 Å². The lowest BCUT2D eigenvalue weighted by molar-refractivity contribution is -0.126. The van der Waals surface area contributed by atoms with Gasteiger partial charge in [-0.25, -0.2) is 4.39 Å². The fraction of sp³-hybridized carbons (Fsp3) is 0.400. The van der Waals surface area contributed by atoms with Gasteiger partial charge in [-0.05, 0) is 74.3 Å². The number of hydrogen-bond donors (Lipinski definition) is 1. The summed E-state index contributed by atoms with van der Waals surface area (Å²) in [5, 5.41) is 4.24. The topological polar surface area (TPSA) is 46.5 Å². The molecule has 0 saturated carbocycles. The summed E-state index contributed by atoms with van der Waals surface area (Å²) in [5.41, 5.74) is 3.44. The Hall–Kier alpha value is -2.86. The molecule has 0 atom stereocenters. The van der Waals surface area contributed by atoms with Crippen LogP contribution in [-0.4, -0.2) is 35.6 Å². The SMILES string of the molecule is CCn1cc(CN2CCC(C(=O)NCc3ccc(F)cc3)CC2)c2cc(OC)ccc21. The monoisotopic (exact) mass is 423 g/mol. The first-order valence-corrected chi connectivity index (χ1v) is 11.0. The summed E-state index contributed by atoms with van der Waals surface area (Å²) < 4.78 is 20.7. The molecule has 1 aliphatic heterocycles. The molecule has 1 fully saturated rings. The molecule has 1 aliphatic rings. The second-order valence-corrected chi connectivity index (χ2v) is 8.22. The van der Waals surface area contributed by atoms with Gasteiger partial charge < -0.3 is 14.6 Å². The maximum absolute atomic E-state index is 13.0. The van der Waals surface area contributed by atoms with Gasteiger partial charge in [-0.15, -0.1) is 0 Å². The zero-order valence-electron chi connectivity index (χ0n) is 18.2. The number of nitrogens with one attached hydrogen (secondary N) is 1. The third kappa shape index (κ3) is 4.90. The van der Waals surface area contributed by atoms with Crippen LogP contribution >= 0.6 is 0 Å². The third-order valence-electron chi connectivity index (χ3n) is 6.24. The van der Waals surface area contributed by atoms with Crippen molar-refractivity contribution >= 4 is 16.8 Å². The molecule has 0 radical (unpaired) electrons. The molecule has 6 heteroatoms. The molecule has 1 aromatic heterocycles. The van der Waals surface area contributed by atoms with Crippen LogP contribution in [0.3, 0.4) is 0 Å². The average molecular weight is 424 g/mol. The Morgan fingerprint density at radius 1 is 1.16 bits per heavy atom. The largest absolute Gasteiger partial charge is 0.497 e. The highest BCUT2D eigenvalue weighted by atomic mass is 19.1. The van der Waals surface area contributed by atoms with Crippen molar-refractivity contribution < 1.29 is 13.9 Å². The van der Waals surface area contributed by atoms with E-state index in [0.29, 0.717) is 6.54 Å². The van der Waals surface area contributed by atoms with E-state index in [-0.39, 0.29) is 17.6 Å². The van der Waals surface area contributed by atoms with Gasteiger partial charge in [0.2, 0.25) is 5.91 Å². The Morgan fingerprint density at radius 3 is 2.58 bits per heavy atom. The highest BCUT2D eigenvalue weighted by molar-refractivity contribution is 5.85. The number of amides is 1. The van der Waals surface area contributed by atoms with Gasteiger partial charge in [0.05, 0.1) is 7.11 Å². The minimum Gasteiger partial charge on any atom is -0.497 e. The van der Waals surface area contributed by atoms with Crippen LogP contribution in [0.2, 0.25) is 0 Å². The molecule has 2 aromatic carbocycles. The maximum atomic E-state index is 13.0. The lowest BCUT2D eigenvalue weighted by atomic mass is 9.95. The molecule has 164 valence electrons. The van der Waals surface area contributed by atoms with Crippen molar-refractivity contribution in [3.05, 3.63) is 65.6 Å². The van der Waals surface area contributed by atoms with E-state index in [2.05, 4.69) is 40.0 Å². The number of fused-ring (bicyclic) bond motifs is 1. The number of carbonyl (C=O) groups is 1. The fourth-order valence-corrected chi connectivity index (χ4v) is 4.39. The third-order valence-corrected chi connectivity index (χ3v) is 6.24. The van der Waals surface area contributed by atoms with Gasteiger partial charge in [-0.2, -0.15) is 0 Å². The second-order valence-electron chi connectivity index (χ2n) is 8.22. The zero-order chi connectivity index (χ0) is 21.8. The van der Waals surface area contributed by atoms with Gasteiger partial charge >= 0.3 is 0 Å². The molecular formula is C25H30FN3O2. The number of ether oxygens (including phenoxy) is 1. The highest BCUT2D eigenvalue weighted by Crippen LogP contribution is 2.28. The summed E-state index contributed by atoms with van der Waals surface area (Å²) >= 11 is 0. The maximum Gasteiger partial charge on any atom is 0.223 e. The molecule has 5 nitrogen and oxygen atoms in total. The van der Waals surface area contributed by atoms with Gasteiger partial charge in [0.15, 0.2) is 0 Å². The van der Waals surface area contributed by atoms with Gasteiger partial charge in [0.1, 0.15) is 11.6 Å². The van der Waals surface area contributed by atoms with E-state index < -0.39 is 0 Å². The van der Waals surface area contributed by atoms with Crippen molar-refractivity contribution in [2.24, 2.45) is 5.92 Å². The molecule has 0 bridgehead atoms. The standard InChI is InChI=1S/C25H30FN3O2/c1-3-29-17-20(23-14-22(31-2)8-9-24(23)29)16-28-12-10-19(11-13-28)25(30)27-15-18-4-6-21(26)7-5-18/h4-9,14,17,19H,3,10-13,15-16H2,1-2H3,(H,27,30). The molecule has 1 saturated heterocycles. The van der Waals surface area contributed by atoms with Crippen molar-refractivity contribution in [1.82, 2.24) is 14.8 Å². The van der Waals surface area contributed by atoms with Crippen LogP contribution in [0.25, 0.3) is 10.9 Å². The van der Waals surface area contributed by atoms with Crippen molar-refractivity contribution in [2.45, 2.75) is 39.4 Å². The van der Waals surface area contributed by atoms with Crippen LogP contribution in [0.4, 0.5) is 4.39 Å². The van der Waals surface area contributed by atoms with Gasteiger partial charge in [0.25, 0.3) is 0 Å². The van der Waals surface area contributed by atoms with Gasteiger partial charge in [0, 0.05) is 42.7 Å². The van der Waals surface area contributed by atoms with Crippen LogP contribution in [0, 0.1) is 11.7 Å². The van der Waals surface area contributed by atoms with E-state index in [1.54, 1.807) is 19.2 Å². The van der Waals surface area contributed by atoms with E-state index in [0.717, 1.165) is 50.3 Å². The minimum atomic E-state index is -0.261. The summed E-state index contributed by atoms with van der Waals surface area (Å²) in [6.45, 7) is 6.20. The van der Waals surface area contributed by atoms with Crippen LogP contribution in [0.5, 0.6) is 5.75 Å². The Bertz CT molecular complexity index is 1040. The van der Waals surface area contributed by atoms with Crippen molar-refractivity contribution in [3.8, 4) is 5.75 Å². The molecule has 0 aliphatic carbocycles. The number of hydrogen-bond acceptors (Lipinski definition) is 3. The molecular weight excluding hydrogens is 393 g/mol. The molecule has 4 rings (SSSR count). The number of aromatic nitrogens is 1.